The number of carbonyl (C=O) groups excluding carboxylic acids is 4. The maximum absolute atomic E-state index is 13.0. The Hall–Kier alpha value is -1.94. The fraction of sp³-hybridized carbons (Fsp3) is 0.940. The molecule has 0 fully saturated rings. The average molecular weight is 1270 g/mol. The molecule has 0 bridgehead atoms. The second-order valence-corrected chi connectivity index (χ2v) is 27.4. The third kappa shape index (κ3) is 59.7. The zero-order valence-corrected chi connectivity index (χ0v) is 57.2. The number of esters is 4. The highest BCUT2D eigenvalue weighted by Gasteiger charge is 2.30. The number of aliphatic hydroxyl groups excluding tert-OH is 1. The SMILES string of the molecule is CCCCCCCCCCCCCCC(=O)OC[C@H](COP(=O)(O)OC[C@@H](O)COP(=O)(O)OC[C@@H](COC(=O)CCCCCCCCCCCC)OC(=O)CCCCCCCCCCCCCC)OC(=O)CCCCCCCCCCC(C)CC. The lowest BCUT2D eigenvalue weighted by atomic mass is 9.99. The van der Waals surface area contributed by atoms with Gasteiger partial charge in [0.25, 0.3) is 0 Å². The number of phosphoric acid groups is 2. The number of unbranched alkanes of at least 4 members (excludes halogenated alkanes) is 38. The Morgan fingerprint density at radius 1 is 0.326 bits per heavy atom. The number of rotatable bonds is 67. The van der Waals surface area contributed by atoms with Crippen LogP contribution in [0.2, 0.25) is 0 Å². The molecule has 0 aliphatic rings. The first-order valence-corrected chi connectivity index (χ1v) is 38.2. The molecule has 0 aromatic carbocycles. The van der Waals surface area contributed by atoms with Gasteiger partial charge in [-0.15, -0.1) is 0 Å². The second-order valence-electron chi connectivity index (χ2n) is 24.5. The van der Waals surface area contributed by atoms with Crippen LogP contribution < -0.4 is 0 Å². The second kappa shape index (κ2) is 60.6. The Labute approximate surface area is 524 Å². The molecule has 0 aliphatic carbocycles. The summed E-state index contributed by atoms with van der Waals surface area (Å²) in [5, 5.41) is 10.6. The lowest BCUT2D eigenvalue weighted by Gasteiger charge is -2.21. The smallest absolute Gasteiger partial charge is 0.462 e. The summed E-state index contributed by atoms with van der Waals surface area (Å²) in [6, 6.07) is 0. The van der Waals surface area contributed by atoms with Gasteiger partial charge in [-0.1, -0.05) is 291 Å². The van der Waals surface area contributed by atoms with E-state index in [0.29, 0.717) is 25.7 Å². The number of ether oxygens (including phenoxy) is 4. The van der Waals surface area contributed by atoms with E-state index in [9.17, 15) is 43.2 Å². The summed E-state index contributed by atoms with van der Waals surface area (Å²) in [5.74, 6) is -1.36. The Balaban J connectivity index is 5.25. The van der Waals surface area contributed by atoms with Gasteiger partial charge in [0.05, 0.1) is 26.4 Å². The minimum atomic E-state index is -4.95. The van der Waals surface area contributed by atoms with E-state index < -0.39 is 97.5 Å². The van der Waals surface area contributed by atoms with Crippen LogP contribution in [0.3, 0.4) is 0 Å². The van der Waals surface area contributed by atoms with Crippen molar-refractivity contribution in [2.45, 2.75) is 361 Å². The van der Waals surface area contributed by atoms with Gasteiger partial charge in [-0.2, -0.15) is 0 Å². The van der Waals surface area contributed by atoms with Gasteiger partial charge >= 0.3 is 39.5 Å². The van der Waals surface area contributed by atoms with Gasteiger partial charge in [-0.05, 0) is 31.6 Å². The molecular formula is C67H130O17P2. The van der Waals surface area contributed by atoms with Crippen LogP contribution in [0.1, 0.15) is 343 Å². The van der Waals surface area contributed by atoms with Crippen LogP contribution in [0.25, 0.3) is 0 Å². The Bertz CT molecular complexity index is 1670. The third-order valence-corrected chi connectivity index (χ3v) is 17.8. The maximum atomic E-state index is 13.0. The van der Waals surface area contributed by atoms with Gasteiger partial charge in [-0.25, -0.2) is 9.13 Å². The Kier molecular flexibility index (Phi) is 59.2. The molecule has 0 aliphatic heterocycles. The van der Waals surface area contributed by atoms with Crippen molar-refractivity contribution in [2.24, 2.45) is 5.92 Å². The lowest BCUT2D eigenvalue weighted by Crippen LogP contribution is -2.30. The molecule has 3 unspecified atom stereocenters. The van der Waals surface area contributed by atoms with Gasteiger partial charge in [0.15, 0.2) is 12.2 Å². The summed E-state index contributed by atoms with van der Waals surface area (Å²) in [6.07, 6.45) is 45.6. The van der Waals surface area contributed by atoms with Crippen molar-refractivity contribution in [1.82, 2.24) is 0 Å². The van der Waals surface area contributed by atoms with E-state index in [1.54, 1.807) is 0 Å². The first kappa shape index (κ1) is 84.1. The van der Waals surface area contributed by atoms with E-state index in [2.05, 4.69) is 34.6 Å². The van der Waals surface area contributed by atoms with Crippen molar-refractivity contribution >= 4 is 39.5 Å². The Morgan fingerprint density at radius 3 is 0.826 bits per heavy atom. The van der Waals surface area contributed by atoms with Crippen molar-refractivity contribution in [3.8, 4) is 0 Å². The molecule has 3 N–H and O–H groups in total. The van der Waals surface area contributed by atoms with Gasteiger partial charge in [0, 0.05) is 25.7 Å². The molecule has 6 atom stereocenters. The molecule has 0 heterocycles. The van der Waals surface area contributed by atoms with E-state index in [1.165, 1.54) is 167 Å². The van der Waals surface area contributed by atoms with Crippen LogP contribution in [0, 0.1) is 5.92 Å². The summed E-state index contributed by atoms with van der Waals surface area (Å²) in [7, 11) is -9.89. The summed E-state index contributed by atoms with van der Waals surface area (Å²) in [6.45, 7) is 7.21. The number of carbonyl (C=O) groups is 4. The summed E-state index contributed by atoms with van der Waals surface area (Å²) < 4.78 is 68.1. The van der Waals surface area contributed by atoms with Crippen LogP contribution in [-0.2, 0) is 65.4 Å². The minimum absolute atomic E-state index is 0.106. The van der Waals surface area contributed by atoms with Crippen LogP contribution in [-0.4, -0.2) is 96.7 Å². The van der Waals surface area contributed by atoms with Crippen molar-refractivity contribution in [1.29, 1.82) is 0 Å². The summed E-state index contributed by atoms with van der Waals surface area (Å²) in [4.78, 5) is 72.4. The van der Waals surface area contributed by atoms with Crippen LogP contribution in [0.15, 0.2) is 0 Å². The fourth-order valence-electron chi connectivity index (χ4n) is 10.1. The quantitative estimate of drug-likeness (QED) is 0.0222. The van der Waals surface area contributed by atoms with Crippen molar-refractivity contribution < 1.29 is 80.2 Å². The molecular weight excluding hydrogens is 1140 g/mol. The zero-order valence-electron chi connectivity index (χ0n) is 55.4. The monoisotopic (exact) mass is 1270 g/mol. The highest BCUT2D eigenvalue weighted by molar-refractivity contribution is 7.47. The first-order chi connectivity index (χ1) is 41.6. The number of hydrogen-bond donors (Lipinski definition) is 3. The molecule has 17 nitrogen and oxygen atoms in total. The molecule has 86 heavy (non-hydrogen) atoms. The molecule has 0 amide bonds. The normalized spacial score (nSPS) is 14.5. The molecule has 0 saturated carbocycles. The molecule has 0 rings (SSSR count). The van der Waals surface area contributed by atoms with Crippen molar-refractivity contribution in [2.75, 3.05) is 39.6 Å². The number of hydrogen-bond acceptors (Lipinski definition) is 15. The van der Waals surface area contributed by atoms with E-state index in [-0.39, 0.29) is 25.7 Å². The predicted octanol–water partition coefficient (Wildman–Crippen LogP) is 19.0. The van der Waals surface area contributed by atoms with Crippen LogP contribution in [0.4, 0.5) is 0 Å². The van der Waals surface area contributed by atoms with Crippen LogP contribution >= 0.6 is 15.6 Å². The molecule has 19 heteroatoms. The van der Waals surface area contributed by atoms with Crippen LogP contribution in [0.5, 0.6) is 0 Å². The van der Waals surface area contributed by atoms with Gasteiger partial charge in [0.2, 0.25) is 0 Å². The topological polar surface area (TPSA) is 237 Å². The largest absolute Gasteiger partial charge is 0.472 e. The zero-order chi connectivity index (χ0) is 63.5. The molecule has 0 aromatic heterocycles. The number of phosphoric ester groups is 2. The highest BCUT2D eigenvalue weighted by Crippen LogP contribution is 2.45. The minimum Gasteiger partial charge on any atom is -0.462 e. The van der Waals surface area contributed by atoms with E-state index in [1.807, 2.05) is 0 Å². The molecule has 0 saturated heterocycles. The van der Waals surface area contributed by atoms with E-state index in [4.69, 9.17) is 37.0 Å². The van der Waals surface area contributed by atoms with Gasteiger partial charge in [0.1, 0.15) is 19.3 Å². The maximum Gasteiger partial charge on any atom is 0.472 e. The number of aliphatic hydroxyl groups is 1. The van der Waals surface area contributed by atoms with E-state index >= 15 is 0 Å². The molecule has 0 spiro atoms. The molecule has 510 valence electrons. The highest BCUT2D eigenvalue weighted by atomic mass is 31.2. The van der Waals surface area contributed by atoms with Gasteiger partial charge < -0.3 is 33.8 Å². The van der Waals surface area contributed by atoms with Crippen molar-refractivity contribution in [3.05, 3.63) is 0 Å². The predicted molar refractivity (Wildman–Crippen MR) is 345 cm³/mol. The lowest BCUT2D eigenvalue weighted by molar-refractivity contribution is -0.161. The van der Waals surface area contributed by atoms with Crippen molar-refractivity contribution in [3.63, 3.8) is 0 Å². The fourth-order valence-corrected chi connectivity index (χ4v) is 11.7. The third-order valence-electron chi connectivity index (χ3n) is 15.9. The Morgan fingerprint density at radius 2 is 0.558 bits per heavy atom. The molecule has 0 radical (unpaired) electrons. The standard InChI is InChI=1S/C67H130O17P2/c1-6-10-13-16-19-22-25-27-30-36-41-46-51-65(70)78-57-63(84-67(72)53-48-43-38-33-32-34-39-44-49-60(5)9-4)59-82-86(75,76)80-55-61(68)54-79-85(73,74)81-58-62(56-77-64(69)50-45-40-35-29-24-21-18-15-12-8-3)83-66(71)52-47-42-37-31-28-26-23-20-17-14-11-7-2/h60-63,68H,6-59H2,1-5H3,(H,73,74)(H,75,76)/t60?,61-,62+,63+/m0/s1. The first-order valence-electron chi connectivity index (χ1n) is 35.2. The summed E-state index contributed by atoms with van der Waals surface area (Å²) >= 11 is 0. The van der Waals surface area contributed by atoms with E-state index in [0.717, 1.165) is 95.8 Å². The molecule has 0 aromatic rings. The average Bonchev–Trinajstić information content (AvgIpc) is 3.59. The summed E-state index contributed by atoms with van der Waals surface area (Å²) in [5.41, 5.74) is 0. The van der Waals surface area contributed by atoms with Gasteiger partial charge in [-0.3, -0.25) is 37.3 Å².